The largest absolute Gasteiger partial charge is 0.493 e. The summed E-state index contributed by atoms with van der Waals surface area (Å²) in [7, 11) is 6.52. The predicted octanol–water partition coefficient (Wildman–Crippen LogP) is 3.62. The first-order valence-electron chi connectivity index (χ1n) is 7.37. The molecule has 5 nitrogen and oxygen atoms in total. The molecular weight excluding hydrogens is 326 g/mol. The SMILES string of the molecule is COc1ccc(C2=NCSc3cc(OC)c(OC)cc32)cc1OC. The molecular formula is C18H19NO4S. The van der Waals surface area contributed by atoms with Gasteiger partial charge in [-0.05, 0) is 30.3 Å². The van der Waals surface area contributed by atoms with Crippen LogP contribution in [0.2, 0.25) is 0 Å². The molecule has 24 heavy (non-hydrogen) atoms. The maximum absolute atomic E-state index is 5.43. The third-order valence-electron chi connectivity index (χ3n) is 3.84. The summed E-state index contributed by atoms with van der Waals surface area (Å²) in [5.74, 6) is 3.44. The molecule has 0 fully saturated rings. The standard InChI is InChI=1S/C18H19NO4S/c1-20-13-6-5-11(7-14(13)21-2)18-12-8-15(22-3)16(23-4)9-17(12)24-10-19-18/h5-9H,10H2,1-4H3. The topological polar surface area (TPSA) is 49.3 Å². The summed E-state index contributed by atoms with van der Waals surface area (Å²) in [4.78, 5) is 5.81. The minimum absolute atomic E-state index is 0.659. The van der Waals surface area contributed by atoms with Crippen molar-refractivity contribution >= 4 is 17.5 Å². The van der Waals surface area contributed by atoms with Gasteiger partial charge in [0.2, 0.25) is 0 Å². The van der Waals surface area contributed by atoms with Crippen molar-refractivity contribution in [3.63, 3.8) is 0 Å². The number of hydrogen-bond donors (Lipinski definition) is 0. The number of methoxy groups -OCH3 is 4. The molecule has 0 aliphatic carbocycles. The van der Waals surface area contributed by atoms with Gasteiger partial charge in [0.25, 0.3) is 0 Å². The van der Waals surface area contributed by atoms with Crippen LogP contribution in [-0.2, 0) is 0 Å². The molecule has 0 amide bonds. The summed E-state index contributed by atoms with van der Waals surface area (Å²) in [6.45, 7) is 0. The maximum Gasteiger partial charge on any atom is 0.161 e. The normalized spacial score (nSPS) is 12.9. The van der Waals surface area contributed by atoms with Crippen LogP contribution >= 0.6 is 11.8 Å². The van der Waals surface area contributed by atoms with E-state index in [0.717, 1.165) is 27.5 Å². The van der Waals surface area contributed by atoms with Crippen LogP contribution in [-0.4, -0.2) is 40.0 Å². The van der Waals surface area contributed by atoms with Crippen LogP contribution in [0, 0.1) is 0 Å². The molecule has 0 bridgehead atoms. The van der Waals surface area contributed by atoms with Gasteiger partial charge in [-0.3, -0.25) is 4.99 Å². The first kappa shape index (κ1) is 16.5. The number of rotatable bonds is 5. The zero-order valence-corrected chi connectivity index (χ0v) is 14.9. The Labute approximate surface area is 145 Å². The van der Waals surface area contributed by atoms with Crippen molar-refractivity contribution in [1.82, 2.24) is 0 Å². The van der Waals surface area contributed by atoms with Crippen LogP contribution in [0.3, 0.4) is 0 Å². The Bertz CT molecular complexity index is 789. The van der Waals surface area contributed by atoms with Gasteiger partial charge < -0.3 is 18.9 Å². The van der Waals surface area contributed by atoms with E-state index in [4.69, 9.17) is 18.9 Å². The number of hydrogen-bond acceptors (Lipinski definition) is 6. The molecule has 0 unspecified atom stereocenters. The second-order valence-electron chi connectivity index (χ2n) is 5.05. The summed E-state index contributed by atoms with van der Waals surface area (Å²) < 4.78 is 21.5. The molecule has 0 N–H and O–H groups in total. The molecule has 0 atom stereocenters. The Kier molecular flexibility index (Phi) is 4.85. The molecule has 0 saturated heterocycles. The van der Waals surface area contributed by atoms with Crippen molar-refractivity contribution in [3.05, 3.63) is 41.5 Å². The number of benzene rings is 2. The molecule has 0 spiro atoms. The van der Waals surface area contributed by atoms with Crippen LogP contribution < -0.4 is 18.9 Å². The van der Waals surface area contributed by atoms with Crippen LogP contribution in [0.15, 0.2) is 40.2 Å². The zero-order valence-electron chi connectivity index (χ0n) is 14.1. The molecule has 126 valence electrons. The lowest BCUT2D eigenvalue weighted by Crippen LogP contribution is -2.10. The molecule has 0 saturated carbocycles. The second-order valence-corrected chi connectivity index (χ2v) is 6.04. The van der Waals surface area contributed by atoms with E-state index < -0.39 is 0 Å². The number of aliphatic imine (C=N–C) groups is 1. The summed E-state index contributed by atoms with van der Waals surface area (Å²) in [5, 5.41) is 0. The molecule has 1 aliphatic heterocycles. The summed E-state index contributed by atoms with van der Waals surface area (Å²) in [6.07, 6.45) is 0. The Morgan fingerprint density at radius 3 is 2.08 bits per heavy atom. The van der Waals surface area contributed by atoms with Gasteiger partial charge in [0.1, 0.15) is 0 Å². The highest BCUT2D eigenvalue weighted by atomic mass is 32.2. The summed E-state index contributed by atoms with van der Waals surface area (Å²) in [5.41, 5.74) is 2.91. The Morgan fingerprint density at radius 2 is 1.42 bits per heavy atom. The van der Waals surface area contributed by atoms with Crippen LogP contribution in [0.1, 0.15) is 11.1 Å². The van der Waals surface area contributed by atoms with Crippen molar-refractivity contribution in [2.75, 3.05) is 34.3 Å². The Morgan fingerprint density at radius 1 is 0.792 bits per heavy atom. The second kappa shape index (κ2) is 7.05. The third-order valence-corrected chi connectivity index (χ3v) is 4.75. The maximum atomic E-state index is 5.43. The van der Waals surface area contributed by atoms with E-state index in [1.165, 1.54) is 0 Å². The number of thioether (sulfide) groups is 1. The van der Waals surface area contributed by atoms with Crippen LogP contribution in [0.4, 0.5) is 0 Å². The molecule has 3 rings (SSSR count). The quantitative estimate of drug-likeness (QED) is 0.828. The van der Waals surface area contributed by atoms with E-state index in [-0.39, 0.29) is 0 Å². The highest BCUT2D eigenvalue weighted by Gasteiger charge is 2.21. The van der Waals surface area contributed by atoms with Crippen molar-refractivity contribution in [1.29, 1.82) is 0 Å². The van der Waals surface area contributed by atoms with Gasteiger partial charge in [-0.25, -0.2) is 0 Å². The lowest BCUT2D eigenvalue weighted by molar-refractivity contribution is 0.354. The lowest BCUT2D eigenvalue weighted by atomic mass is 10.0. The lowest BCUT2D eigenvalue weighted by Gasteiger charge is -2.20. The summed E-state index contributed by atoms with van der Waals surface area (Å²) >= 11 is 1.67. The van der Waals surface area contributed by atoms with Gasteiger partial charge in [-0.15, -0.1) is 11.8 Å². The fourth-order valence-corrected chi connectivity index (χ4v) is 3.48. The highest BCUT2D eigenvalue weighted by Crippen LogP contribution is 2.39. The van der Waals surface area contributed by atoms with Gasteiger partial charge in [-0.1, -0.05) is 0 Å². The molecule has 6 heteroatoms. The molecule has 0 radical (unpaired) electrons. The van der Waals surface area contributed by atoms with Crippen LogP contribution in [0.25, 0.3) is 0 Å². The van der Waals surface area contributed by atoms with E-state index in [9.17, 15) is 0 Å². The van der Waals surface area contributed by atoms with Crippen LogP contribution in [0.5, 0.6) is 23.0 Å². The zero-order chi connectivity index (χ0) is 17.1. The van der Waals surface area contributed by atoms with E-state index in [1.807, 2.05) is 30.3 Å². The Balaban J connectivity index is 2.10. The monoisotopic (exact) mass is 345 g/mol. The number of nitrogens with zero attached hydrogens (tertiary/aromatic N) is 1. The van der Waals surface area contributed by atoms with Gasteiger partial charge in [0.05, 0.1) is 40.0 Å². The van der Waals surface area contributed by atoms with Gasteiger partial charge in [-0.2, -0.15) is 0 Å². The molecule has 1 heterocycles. The third kappa shape index (κ3) is 2.89. The molecule has 2 aromatic carbocycles. The fraction of sp³-hybridized carbons (Fsp3) is 0.278. The average molecular weight is 345 g/mol. The van der Waals surface area contributed by atoms with Gasteiger partial charge >= 0.3 is 0 Å². The Hall–Kier alpha value is -2.34. The van der Waals surface area contributed by atoms with E-state index in [0.29, 0.717) is 23.1 Å². The average Bonchev–Trinajstić information content (AvgIpc) is 2.65. The van der Waals surface area contributed by atoms with Gasteiger partial charge in [0, 0.05) is 16.0 Å². The molecule has 2 aromatic rings. The van der Waals surface area contributed by atoms with E-state index >= 15 is 0 Å². The molecule has 0 aromatic heterocycles. The van der Waals surface area contributed by atoms with Crippen molar-refractivity contribution in [2.45, 2.75) is 4.90 Å². The molecule has 1 aliphatic rings. The first-order chi connectivity index (χ1) is 11.7. The predicted molar refractivity (Wildman–Crippen MR) is 95.5 cm³/mol. The van der Waals surface area contributed by atoms with Gasteiger partial charge in [0.15, 0.2) is 23.0 Å². The first-order valence-corrected chi connectivity index (χ1v) is 8.36. The van der Waals surface area contributed by atoms with Crippen molar-refractivity contribution in [3.8, 4) is 23.0 Å². The van der Waals surface area contributed by atoms with Crippen molar-refractivity contribution < 1.29 is 18.9 Å². The summed E-state index contributed by atoms with van der Waals surface area (Å²) in [6, 6.07) is 9.77. The highest BCUT2D eigenvalue weighted by molar-refractivity contribution is 7.99. The van der Waals surface area contributed by atoms with E-state index in [1.54, 1.807) is 40.2 Å². The fourth-order valence-electron chi connectivity index (χ4n) is 2.65. The minimum Gasteiger partial charge on any atom is -0.493 e. The number of fused-ring (bicyclic) bond motifs is 1. The van der Waals surface area contributed by atoms with Crippen molar-refractivity contribution in [2.24, 2.45) is 4.99 Å². The minimum atomic E-state index is 0.659. The van der Waals surface area contributed by atoms with E-state index in [2.05, 4.69) is 4.99 Å². The number of ether oxygens (including phenoxy) is 4. The smallest absolute Gasteiger partial charge is 0.161 e.